The number of thiophene rings is 1. The lowest BCUT2D eigenvalue weighted by molar-refractivity contribution is 1.03. The maximum atomic E-state index is 8.76. The Morgan fingerprint density at radius 3 is 2.88 bits per heavy atom. The number of nitrogens with one attached hydrogen (secondary N) is 1. The van der Waals surface area contributed by atoms with E-state index in [1.807, 2.05) is 12.1 Å². The molecule has 1 heterocycles. The Labute approximate surface area is 105 Å². The Morgan fingerprint density at radius 1 is 1.35 bits per heavy atom. The Bertz CT molecular complexity index is 526. The normalized spacial score (nSPS) is 9.82. The maximum absolute atomic E-state index is 8.76. The molecule has 1 aromatic carbocycles. The summed E-state index contributed by atoms with van der Waals surface area (Å²) in [6.07, 6.45) is 0.989. The molecule has 0 unspecified atom stereocenters. The summed E-state index contributed by atoms with van der Waals surface area (Å²) >= 11 is 1.71. The molecule has 0 amide bonds. The first-order valence-electron chi connectivity index (χ1n) is 5.34. The van der Waals surface area contributed by atoms with Crippen molar-refractivity contribution in [1.82, 2.24) is 0 Å². The van der Waals surface area contributed by atoms with Gasteiger partial charge in [0.25, 0.3) is 0 Å². The first kappa shape index (κ1) is 11.5. The molecular weight excluding hydrogens is 230 g/mol. The summed E-state index contributed by atoms with van der Waals surface area (Å²) in [5.74, 6) is 0. The van der Waals surface area contributed by atoms with Crippen molar-refractivity contribution >= 4 is 22.7 Å². The zero-order valence-corrected chi connectivity index (χ0v) is 10.1. The van der Waals surface area contributed by atoms with Crippen molar-refractivity contribution in [3.05, 3.63) is 46.2 Å². The van der Waals surface area contributed by atoms with Crippen LogP contribution < -0.4 is 11.1 Å². The first-order valence-corrected chi connectivity index (χ1v) is 6.28. The molecule has 2 rings (SSSR count). The molecule has 0 aliphatic carbocycles. The summed E-state index contributed by atoms with van der Waals surface area (Å²) in [7, 11) is 0. The number of nitrogens with two attached hydrogens (primary N) is 1. The average molecular weight is 243 g/mol. The van der Waals surface area contributed by atoms with Gasteiger partial charge < -0.3 is 11.1 Å². The number of rotatable bonds is 4. The number of hydrogen-bond acceptors (Lipinski definition) is 4. The maximum Gasteiger partial charge on any atom is 0.101 e. The molecule has 1 aromatic heterocycles. The van der Waals surface area contributed by atoms with Crippen LogP contribution in [0, 0.1) is 11.3 Å². The van der Waals surface area contributed by atoms with Crippen molar-refractivity contribution in [2.45, 2.75) is 6.42 Å². The van der Waals surface area contributed by atoms with Crippen LogP contribution in [0.1, 0.15) is 11.1 Å². The molecular formula is C13H13N3S. The van der Waals surface area contributed by atoms with Crippen LogP contribution in [-0.2, 0) is 6.42 Å². The van der Waals surface area contributed by atoms with E-state index in [1.54, 1.807) is 23.5 Å². The minimum absolute atomic E-state index is 0.521. The van der Waals surface area contributed by atoms with Crippen LogP contribution in [0.25, 0.3) is 0 Å². The van der Waals surface area contributed by atoms with Crippen LogP contribution in [-0.4, -0.2) is 6.54 Å². The molecule has 4 heteroatoms. The molecule has 0 aliphatic heterocycles. The van der Waals surface area contributed by atoms with Crippen LogP contribution in [0.4, 0.5) is 11.4 Å². The number of hydrogen-bond donors (Lipinski definition) is 2. The van der Waals surface area contributed by atoms with Gasteiger partial charge in [0.1, 0.15) is 6.07 Å². The molecule has 0 bridgehead atoms. The molecule has 3 N–H and O–H groups in total. The number of anilines is 2. The van der Waals surface area contributed by atoms with E-state index in [0.717, 1.165) is 18.7 Å². The smallest absolute Gasteiger partial charge is 0.101 e. The van der Waals surface area contributed by atoms with Gasteiger partial charge in [0.05, 0.1) is 11.3 Å². The predicted molar refractivity (Wildman–Crippen MR) is 72.1 cm³/mol. The fourth-order valence-electron chi connectivity index (χ4n) is 1.56. The molecule has 0 atom stereocenters. The standard InChI is InChI=1S/C13H13N3S/c14-8-11-1-2-12(7-13(11)15)16-5-3-10-4-6-17-9-10/h1-2,4,6-7,9,16H,3,5,15H2. The highest BCUT2D eigenvalue weighted by Crippen LogP contribution is 2.17. The molecule has 0 fully saturated rings. The molecule has 0 saturated heterocycles. The van der Waals surface area contributed by atoms with E-state index in [1.165, 1.54) is 5.56 Å². The molecule has 3 nitrogen and oxygen atoms in total. The molecule has 0 saturated carbocycles. The van der Waals surface area contributed by atoms with Gasteiger partial charge in [-0.1, -0.05) is 0 Å². The Hall–Kier alpha value is -1.99. The highest BCUT2D eigenvalue weighted by molar-refractivity contribution is 7.07. The second-order valence-corrected chi connectivity index (χ2v) is 4.50. The van der Waals surface area contributed by atoms with Crippen LogP contribution in [0.15, 0.2) is 35.0 Å². The molecule has 0 aliphatic rings. The summed E-state index contributed by atoms with van der Waals surface area (Å²) < 4.78 is 0. The van der Waals surface area contributed by atoms with Crippen LogP contribution in [0.2, 0.25) is 0 Å². The fraction of sp³-hybridized carbons (Fsp3) is 0.154. The van der Waals surface area contributed by atoms with E-state index in [-0.39, 0.29) is 0 Å². The Balaban J connectivity index is 1.91. The lowest BCUT2D eigenvalue weighted by Gasteiger charge is -2.07. The van der Waals surface area contributed by atoms with Gasteiger partial charge in [0, 0.05) is 12.2 Å². The summed E-state index contributed by atoms with van der Waals surface area (Å²) in [5, 5.41) is 16.3. The van der Waals surface area contributed by atoms with Gasteiger partial charge in [0.15, 0.2) is 0 Å². The Kier molecular flexibility index (Phi) is 3.63. The second kappa shape index (κ2) is 5.37. The zero-order valence-electron chi connectivity index (χ0n) is 9.31. The molecule has 17 heavy (non-hydrogen) atoms. The van der Waals surface area contributed by atoms with E-state index in [4.69, 9.17) is 11.0 Å². The topological polar surface area (TPSA) is 61.8 Å². The predicted octanol–water partition coefficient (Wildman–Crippen LogP) is 2.86. The third-order valence-electron chi connectivity index (χ3n) is 2.49. The summed E-state index contributed by atoms with van der Waals surface area (Å²) in [4.78, 5) is 0. The van der Waals surface area contributed by atoms with Crippen LogP contribution in [0.5, 0.6) is 0 Å². The lowest BCUT2D eigenvalue weighted by atomic mass is 10.1. The minimum atomic E-state index is 0.521. The molecule has 86 valence electrons. The Morgan fingerprint density at radius 2 is 2.24 bits per heavy atom. The quantitative estimate of drug-likeness (QED) is 0.812. The molecule has 0 radical (unpaired) electrons. The third-order valence-corrected chi connectivity index (χ3v) is 3.23. The van der Waals surface area contributed by atoms with Crippen molar-refractivity contribution in [3.8, 4) is 6.07 Å². The van der Waals surface area contributed by atoms with E-state index >= 15 is 0 Å². The van der Waals surface area contributed by atoms with Crippen molar-refractivity contribution in [2.75, 3.05) is 17.6 Å². The zero-order chi connectivity index (χ0) is 12.1. The SMILES string of the molecule is N#Cc1ccc(NCCc2ccsc2)cc1N. The average Bonchev–Trinajstić information content (AvgIpc) is 2.82. The molecule has 2 aromatic rings. The highest BCUT2D eigenvalue weighted by atomic mass is 32.1. The third kappa shape index (κ3) is 2.99. The van der Waals surface area contributed by atoms with E-state index in [2.05, 4.69) is 22.1 Å². The van der Waals surface area contributed by atoms with Crippen LogP contribution in [0.3, 0.4) is 0 Å². The van der Waals surface area contributed by atoms with E-state index < -0.39 is 0 Å². The summed E-state index contributed by atoms with van der Waals surface area (Å²) in [5.41, 5.74) is 9.07. The van der Waals surface area contributed by atoms with Gasteiger partial charge in [-0.15, -0.1) is 0 Å². The van der Waals surface area contributed by atoms with Gasteiger partial charge in [-0.2, -0.15) is 16.6 Å². The van der Waals surface area contributed by atoms with Gasteiger partial charge in [0.2, 0.25) is 0 Å². The van der Waals surface area contributed by atoms with Gasteiger partial charge in [-0.05, 0) is 47.0 Å². The van der Waals surface area contributed by atoms with Crippen molar-refractivity contribution in [3.63, 3.8) is 0 Å². The van der Waals surface area contributed by atoms with Crippen LogP contribution >= 0.6 is 11.3 Å². The summed E-state index contributed by atoms with van der Waals surface area (Å²) in [6.45, 7) is 0.863. The number of nitrogens with zero attached hydrogens (tertiary/aromatic N) is 1. The summed E-state index contributed by atoms with van der Waals surface area (Å²) in [6, 6.07) is 9.59. The number of benzene rings is 1. The molecule has 0 spiro atoms. The van der Waals surface area contributed by atoms with E-state index in [0.29, 0.717) is 11.3 Å². The van der Waals surface area contributed by atoms with Crippen molar-refractivity contribution < 1.29 is 0 Å². The fourth-order valence-corrected chi connectivity index (χ4v) is 2.26. The van der Waals surface area contributed by atoms with Crippen molar-refractivity contribution in [2.24, 2.45) is 0 Å². The highest BCUT2D eigenvalue weighted by Gasteiger charge is 1.99. The first-order chi connectivity index (χ1) is 8.29. The number of nitriles is 1. The lowest BCUT2D eigenvalue weighted by Crippen LogP contribution is -2.04. The van der Waals surface area contributed by atoms with Gasteiger partial charge in [-0.3, -0.25) is 0 Å². The van der Waals surface area contributed by atoms with Crippen molar-refractivity contribution in [1.29, 1.82) is 5.26 Å². The van der Waals surface area contributed by atoms with E-state index in [9.17, 15) is 0 Å². The second-order valence-electron chi connectivity index (χ2n) is 3.72. The monoisotopic (exact) mass is 243 g/mol. The van der Waals surface area contributed by atoms with Gasteiger partial charge in [-0.25, -0.2) is 0 Å². The number of nitrogen functional groups attached to an aromatic ring is 1. The largest absolute Gasteiger partial charge is 0.398 e. The minimum Gasteiger partial charge on any atom is -0.398 e. The van der Waals surface area contributed by atoms with Gasteiger partial charge >= 0.3 is 0 Å².